The molecule has 5 nitrogen and oxygen atoms in total. The number of benzene rings is 2. The summed E-state index contributed by atoms with van der Waals surface area (Å²) in [6.45, 7) is 2.69. The number of carboxylic acid groups (broad SMARTS) is 1. The predicted octanol–water partition coefficient (Wildman–Crippen LogP) is 5.05. The minimum Gasteiger partial charge on any atom is -0.492 e. The van der Waals surface area contributed by atoms with Gasteiger partial charge in [-0.2, -0.15) is 0 Å². The van der Waals surface area contributed by atoms with E-state index in [0.717, 1.165) is 5.56 Å². The molecule has 0 spiro atoms. The van der Waals surface area contributed by atoms with Gasteiger partial charge >= 0.3 is 5.97 Å². The van der Waals surface area contributed by atoms with E-state index in [2.05, 4.69) is 0 Å². The van der Waals surface area contributed by atoms with Crippen LogP contribution in [-0.2, 0) is 4.79 Å². The van der Waals surface area contributed by atoms with Crippen LogP contribution in [0.4, 0.5) is 8.78 Å². The van der Waals surface area contributed by atoms with Gasteiger partial charge in [0.15, 0.2) is 5.78 Å². The summed E-state index contributed by atoms with van der Waals surface area (Å²) in [5, 5.41) is 9.01. The number of halogens is 3. The third-order valence-electron chi connectivity index (χ3n) is 5.69. The number of hydrogen-bond donors (Lipinski definition) is 1. The van der Waals surface area contributed by atoms with Crippen molar-refractivity contribution in [3.63, 3.8) is 0 Å². The molecule has 0 unspecified atom stereocenters. The summed E-state index contributed by atoms with van der Waals surface area (Å²) in [6, 6.07) is 14.7. The number of carbonyl (C=O) groups is 2. The van der Waals surface area contributed by atoms with Gasteiger partial charge < -0.3 is 9.84 Å². The molecule has 174 valence electrons. The van der Waals surface area contributed by atoms with Crippen LogP contribution in [0.15, 0.2) is 54.6 Å². The number of ketones is 1. The topological polar surface area (TPSA) is 66.8 Å². The standard InChI is InChI=1S/C24H27F2NO4.ClH/c1-17(18-7-9-19(10-8-18)23(29)30)15-22(28)21-16-24(25,26)11-12-27(21)13-14-31-20-5-3-2-4-6-20;/h2-10,17,21H,11-16H2,1H3,(H,29,30);1H/t17-,21-;/m1./s1. The van der Waals surface area contributed by atoms with E-state index in [-0.39, 0.29) is 49.1 Å². The summed E-state index contributed by atoms with van der Waals surface area (Å²) in [7, 11) is 0. The Hall–Kier alpha value is -2.51. The van der Waals surface area contributed by atoms with Crippen molar-refractivity contribution in [1.29, 1.82) is 0 Å². The highest BCUT2D eigenvalue weighted by atomic mass is 35.5. The first-order valence-electron chi connectivity index (χ1n) is 10.4. The number of carbonyl (C=O) groups excluding carboxylic acids is 1. The molecule has 1 N–H and O–H groups in total. The first-order chi connectivity index (χ1) is 14.7. The average Bonchev–Trinajstić information content (AvgIpc) is 2.75. The first-order valence-corrected chi connectivity index (χ1v) is 10.4. The fourth-order valence-corrected chi connectivity index (χ4v) is 3.87. The number of Topliss-reactive ketones (excluding diaryl/α,β-unsaturated/α-hetero) is 1. The van der Waals surface area contributed by atoms with Crippen molar-refractivity contribution in [3.8, 4) is 5.75 Å². The highest BCUT2D eigenvalue weighted by molar-refractivity contribution is 5.87. The Labute approximate surface area is 192 Å². The van der Waals surface area contributed by atoms with Gasteiger partial charge in [0.1, 0.15) is 12.4 Å². The van der Waals surface area contributed by atoms with E-state index < -0.39 is 24.4 Å². The Morgan fingerprint density at radius 1 is 1.16 bits per heavy atom. The second-order valence-electron chi connectivity index (χ2n) is 8.02. The number of hydrogen-bond acceptors (Lipinski definition) is 4. The molecule has 0 saturated carbocycles. The minimum absolute atomic E-state index is 0. The Morgan fingerprint density at radius 2 is 1.81 bits per heavy atom. The number of rotatable bonds is 9. The van der Waals surface area contributed by atoms with Crippen LogP contribution >= 0.6 is 12.4 Å². The van der Waals surface area contributed by atoms with Gasteiger partial charge in [-0.1, -0.05) is 37.3 Å². The second-order valence-corrected chi connectivity index (χ2v) is 8.02. The third-order valence-corrected chi connectivity index (χ3v) is 5.69. The molecule has 2 atom stereocenters. The van der Waals surface area contributed by atoms with Crippen LogP contribution < -0.4 is 4.74 Å². The molecule has 1 saturated heterocycles. The molecule has 8 heteroatoms. The molecule has 2 aromatic carbocycles. The SMILES string of the molecule is C[C@H](CC(=O)[C@H]1CC(F)(F)CCN1CCOc1ccccc1)c1ccc(C(=O)O)cc1.Cl. The van der Waals surface area contributed by atoms with Crippen LogP contribution in [0.3, 0.4) is 0 Å². The maximum atomic E-state index is 14.1. The van der Waals surface area contributed by atoms with Gasteiger partial charge in [-0.15, -0.1) is 12.4 Å². The summed E-state index contributed by atoms with van der Waals surface area (Å²) < 4.78 is 33.9. The minimum atomic E-state index is -2.86. The number of nitrogens with zero attached hydrogens (tertiary/aromatic N) is 1. The van der Waals surface area contributed by atoms with E-state index in [4.69, 9.17) is 9.84 Å². The Balaban J connectivity index is 0.00000363. The molecule has 0 aromatic heterocycles. The van der Waals surface area contributed by atoms with Crippen LogP contribution in [0.2, 0.25) is 0 Å². The number of para-hydroxylation sites is 1. The molecule has 0 aliphatic carbocycles. The Morgan fingerprint density at radius 3 is 2.44 bits per heavy atom. The largest absolute Gasteiger partial charge is 0.492 e. The molecular formula is C24H28ClF2NO4. The fraction of sp³-hybridized carbons (Fsp3) is 0.417. The Kier molecular flexibility index (Phi) is 9.16. The van der Waals surface area contributed by atoms with Crippen molar-refractivity contribution in [2.45, 2.75) is 44.1 Å². The third kappa shape index (κ3) is 7.00. The molecule has 32 heavy (non-hydrogen) atoms. The number of piperidine rings is 1. The maximum Gasteiger partial charge on any atom is 0.335 e. The maximum absolute atomic E-state index is 14.1. The predicted molar refractivity (Wildman–Crippen MR) is 120 cm³/mol. The summed E-state index contributed by atoms with van der Waals surface area (Å²) in [5.74, 6) is -3.61. The van der Waals surface area contributed by atoms with Gasteiger partial charge in [-0.25, -0.2) is 13.6 Å². The zero-order valence-corrected chi connectivity index (χ0v) is 18.7. The van der Waals surface area contributed by atoms with E-state index in [1.54, 1.807) is 17.0 Å². The summed E-state index contributed by atoms with van der Waals surface area (Å²) >= 11 is 0. The van der Waals surface area contributed by atoms with E-state index in [0.29, 0.717) is 18.9 Å². The smallest absolute Gasteiger partial charge is 0.335 e. The van der Waals surface area contributed by atoms with Gasteiger partial charge in [0.05, 0.1) is 11.6 Å². The molecule has 1 aliphatic heterocycles. The summed E-state index contributed by atoms with van der Waals surface area (Å²) in [6.07, 6.45) is -0.640. The number of aromatic carboxylic acids is 1. The van der Waals surface area contributed by atoms with Gasteiger partial charge in [-0.3, -0.25) is 9.69 Å². The molecule has 1 aliphatic rings. The molecule has 2 aromatic rings. The number of likely N-dealkylation sites (tertiary alicyclic amines) is 1. The molecule has 3 rings (SSSR count). The van der Waals surface area contributed by atoms with Crippen LogP contribution in [0.5, 0.6) is 5.75 Å². The van der Waals surface area contributed by atoms with Crippen LogP contribution in [0, 0.1) is 0 Å². The van der Waals surface area contributed by atoms with Crippen molar-refractivity contribution in [3.05, 3.63) is 65.7 Å². The molecule has 0 bridgehead atoms. The summed E-state index contributed by atoms with van der Waals surface area (Å²) in [5.41, 5.74) is 0.971. The van der Waals surface area contributed by atoms with E-state index in [9.17, 15) is 18.4 Å². The van der Waals surface area contributed by atoms with E-state index in [1.165, 1.54) is 12.1 Å². The fourth-order valence-electron chi connectivity index (χ4n) is 3.87. The van der Waals surface area contributed by atoms with Crippen molar-refractivity contribution in [2.75, 3.05) is 19.7 Å². The van der Waals surface area contributed by atoms with Crippen LogP contribution in [0.1, 0.15) is 48.0 Å². The molecule has 1 heterocycles. The summed E-state index contributed by atoms with van der Waals surface area (Å²) in [4.78, 5) is 25.8. The van der Waals surface area contributed by atoms with Gasteiger partial charge in [0, 0.05) is 32.4 Å². The lowest BCUT2D eigenvalue weighted by Gasteiger charge is -2.38. The zero-order chi connectivity index (χ0) is 22.4. The molecule has 0 radical (unpaired) electrons. The lowest BCUT2D eigenvalue weighted by Crippen LogP contribution is -2.52. The number of carboxylic acids is 1. The van der Waals surface area contributed by atoms with Crippen LogP contribution in [-0.4, -0.2) is 53.4 Å². The molecule has 1 fully saturated rings. The molecular weight excluding hydrogens is 440 g/mol. The highest BCUT2D eigenvalue weighted by Crippen LogP contribution is 2.33. The molecule has 0 amide bonds. The average molecular weight is 468 g/mol. The number of alkyl halides is 2. The van der Waals surface area contributed by atoms with Crippen molar-refractivity contribution in [2.24, 2.45) is 0 Å². The van der Waals surface area contributed by atoms with Crippen molar-refractivity contribution >= 4 is 24.2 Å². The first kappa shape index (κ1) is 25.7. The van der Waals surface area contributed by atoms with Crippen LogP contribution in [0.25, 0.3) is 0 Å². The normalized spacial score (nSPS) is 18.9. The lowest BCUT2D eigenvalue weighted by atomic mass is 9.88. The highest BCUT2D eigenvalue weighted by Gasteiger charge is 2.43. The Bertz CT molecular complexity index is 893. The van der Waals surface area contributed by atoms with Gasteiger partial charge in [-0.05, 0) is 35.7 Å². The monoisotopic (exact) mass is 467 g/mol. The van der Waals surface area contributed by atoms with Gasteiger partial charge in [0.2, 0.25) is 0 Å². The van der Waals surface area contributed by atoms with Gasteiger partial charge in [0.25, 0.3) is 5.92 Å². The second kappa shape index (κ2) is 11.4. The van der Waals surface area contributed by atoms with E-state index >= 15 is 0 Å². The van der Waals surface area contributed by atoms with Crippen molar-refractivity contribution in [1.82, 2.24) is 4.90 Å². The van der Waals surface area contributed by atoms with Crippen molar-refractivity contribution < 1.29 is 28.2 Å². The number of ether oxygens (including phenoxy) is 1. The van der Waals surface area contributed by atoms with E-state index in [1.807, 2.05) is 37.3 Å². The quantitative estimate of drug-likeness (QED) is 0.559. The zero-order valence-electron chi connectivity index (χ0n) is 17.9. The lowest BCUT2D eigenvalue weighted by molar-refractivity contribution is -0.136.